The van der Waals surface area contributed by atoms with Crippen LogP contribution in [0.1, 0.15) is 72.6 Å². The first kappa shape index (κ1) is 18.0. The van der Waals surface area contributed by atoms with Crippen molar-refractivity contribution in [2.45, 2.75) is 82.1 Å². The summed E-state index contributed by atoms with van der Waals surface area (Å²) in [5.41, 5.74) is -0.0653. The second kappa shape index (κ2) is 8.22. The Morgan fingerprint density at radius 3 is 1.88 bits per heavy atom. The molecule has 0 rings (SSSR count). The van der Waals surface area contributed by atoms with Gasteiger partial charge in [0.2, 0.25) is 0 Å². The van der Waals surface area contributed by atoms with Gasteiger partial charge in [-0.3, -0.25) is 0 Å². The van der Waals surface area contributed by atoms with Crippen molar-refractivity contribution >= 4 is 36.9 Å². The minimum atomic E-state index is -0.332. The molecule has 0 bridgehead atoms. The Hall–Kier alpha value is 0.990. The summed E-state index contributed by atoms with van der Waals surface area (Å²) in [7, 11) is 0. The highest BCUT2D eigenvalue weighted by atomic mass is 35.5. The Kier molecular flexibility index (Phi) is 8.70. The summed E-state index contributed by atoms with van der Waals surface area (Å²) < 4.78 is -0.332. The number of halogens is 1. The van der Waals surface area contributed by atoms with Gasteiger partial charge in [0.15, 0.2) is 0 Å². The average Bonchev–Trinajstić information content (AvgIpc) is 2.21. The summed E-state index contributed by atoms with van der Waals surface area (Å²) in [6.45, 7) is 8.58. The fourth-order valence-corrected chi connectivity index (χ4v) is 2.60. The van der Waals surface area contributed by atoms with E-state index in [1.807, 2.05) is 6.92 Å². The standard InChI is InChI=1S/C14H29ClS2/c1-5-6-7-8-9-10-11-12(15)13(2,3)14(4,16)17/h12,16-17H,5-11H2,1-4H3. The maximum atomic E-state index is 6.50. The minimum Gasteiger partial charge on any atom is -0.161 e. The lowest BCUT2D eigenvalue weighted by molar-refractivity contribution is 0.308. The molecule has 0 amide bonds. The summed E-state index contributed by atoms with van der Waals surface area (Å²) >= 11 is 15.6. The van der Waals surface area contributed by atoms with E-state index in [0.717, 1.165) is 6.42 Å². The predicted molar refractivity (Wildman–Crippen MR) is 87.8 cm³/mol. The predicted octanol–water partition coefficient (Wildman–Crippen LogP) is 5.95. The number of hydrogen-bond donors (Lipinski definition) is 2. The zero-order valence-electron chi connectivity index (χ0n) is 11.8. The van der Waals surface area contributed by atoms with Crippen LogP contribution in [0.4, 0.5) is 0 Å². The van der Waals surface area contributed by atoms with Crippen molar-refractivity contribution in [3.05, 3.63) is 0 Å². The summed E-state index contributed by atoms with van der Waals surface area (Å²) in [4.78, 5) is 0. The van der Waals surface area contributed by atoms with Crippen LogP contribution < -0.4 is 0 Å². The number of rotatable bonds is 9. The fraction of sp³-hybridized carbons (Fsp3) is 1.00. The van der Waals surface area contributed by atoms with E-state index in [1.54, 1.807) is 0 Å². The minimum absolute atomic E-state index is 0.0653. The molecule has 104 valence electrons. The van der Waals surface area contributed by atoms with Crippen molar-refractivity contribution in [2.75, 3.05) is 0 Å². The van der Waals surface area contributed by atoms with Gasteiger partial charge in [-0.2, -0.15) is 25.3 Å². The monoisotopic (exact) mass is 296 g/mol. The van der Waals surface area contributed by atoms with Crippen molar-refractivity contribution in [3.63, 3.8) is 0 Å². The first-order valence-corrected chi connectivity index (χ1v) is 8.15. The Morgan fingerprint density at radius 1 is 0.941 bits per heavy atom. The van der Waals surface area contributed by atoms with Crippen LogP contribution in [0.25, 0.3) is 0 Å². The smallest absolute Gasteiger partial charge is 0.0588 e. The molecule has 0 spiro atoms. The second-order valence-electron chi connectivity index (χ2n) is 5.77. The Balaban J connectivity index is 3.82. The normalized spacial score (nSPS) is 15.0. The third-order valence-electron chi connectivity index (χ3n) is 3.81. The molecule has 3 heteroatoms. The lowest BCUT2D eigenvalue weighted by Gasteiger charge is -2.40. The van der Waals surface area contributed by atoms with E-state index in [9.17, 15) is 0 Å². The van der Waals surface area contributed by atoms with E-state index in [-0.39, 0.29) is 14.9 Å². The maximum Gasteiger partial charge on any atom is 0.0588 e. The molecule has 0 aliphatic carbocycles. The molecule has 0 fully saturated rings. The highest BCUT2D eigenvalue weighted by Crippen LogP contribution is 2.45. The van der Waals surface area contributed by atoms with Crippen LogP contribution in [0.3, 0.4) is 0 Å². The fourth-order valence-electron chi connectivity index (χ4n) is 1.76. The first-order valence-electron chi connectivity index (χ1n) is 6.82. The van der Waals surface area contributed by atoms with Gasteiger partial charge in [-0.15, -0.1) is 11.6 Å². The Morgan fingerprint density at radius 2 is 1.41 bits per heavy atom. The molecule has 0 aromatic rings. The second-order valence-corrected chi connectivity index (χ2v) is 8.43. The number of hydrogen-bond acceptors (Lipinski definition) is 2. The van der Waals surface area contributed by atoms with Gasteiger partial charge in [0, 0.05) is 10.8 Å². The summed E-state index contributed by atoms with van der Waals surface area (Å²) in [5, 5.41) is 0.147. The van der Waals surface area contributed by atoms with Gasteiger partial charge in [0.25, 0.3) is 0 Å². The molecular formula is C14H29ClS2. The number of unbranched alkanes of at least 4 members (excludes halogenated alkanes) is 5. The third kappa shape index (κ3) is 6.63. The molecule has 0 aliphatic rings. The molecule has 0 nitrogen and oxygen atoms in total. The van der Waals surface area contributed by atoms with E-state index in [2.05, 4.69) is 46.0 Å². The van der Waals surface area contributed by atoms with Crippen molar-refractivity contribution in [2.24, 2.45) is 5.41 Å². The molecule has 0 aromatic heterocycles. The van der Waals surface area contributed by atoms with Crippen molar-refractivity contribution in [1.82, 2.24) is 0 Å². The number of alkyl halides is 1. The highest BCUT2D eigenvalue weighted by molar-refractivity contribution is 8.00. The molecule has 0 heterocycles. The van der Waals surface area contributed by atoms with E-state index >= 15 is 0 Å². The molecule has 0 aliphatic heterocycles. The Bertz CT molecular complexity index is 197. The van der Waals surface area contributed by atoms with Crippen LogP contribution in [-0.2, 0) is 0 Å². The molecule has 0 saturated carbocycles. The molecule has 1 atom stereocenters. The van der Waals surface area contributed by atoms with Crippen LogP contribution >= 0.6 is 36.9 Å². The van der Waals surface area contributed by atoms with Gasteiger partial charge in [-0.05, 0) is 13.3 Å². The molecule has 0 saturated heterocycles. The highest BCUT2D eigenvalue weighted by Gasteiger charge is 2.40. The lowest BCUT2D eigenvalue weighted by atomic mass is 9.82. The molecule has 0 aromatic carbocycles. The topological polar surface area (TPSA) is 0 Å². The van der Waals surface area contributed by atoms with Crippen molar-refractivity contribution in [1.29, 1.82) is 0 Å². The largest absolute Gasteiger partial charge is 0.161 e. The Labute approximate surface area is 124 Å². The summed E-state index contributed by atoms with van der Waals surface area (Å²) in [6.07, 6.45) is 8.97. The van der Waals surface area contributed by atoms with Gasteiger partial charge < -0.3 is 0 Å². The van der Waals surface area contributed by atoms with Crippen LogP contribution in [0.5, 0.6) is 0 Å². The zero-order chi connectivity index (χ0) is 13.5. The van der Waals surface area contributed by atoms with E-state index < -0.39 is 0 Å². The van der Waals surface area contributed by atoms with Crippen LogP contribution in [0, 0.1) is 5.41 Å². The zero-order valence-corrected chi connectivity index (χ0v) is 14.3. The van der Waals surface area contributed by atoms with E-state index in [4.69, 9.17) is 11.6 Å². The molecule has 1 unspecified atom stereocenters. The first-order chi connectivity index (χ1) is 7.73. The number of thiol groups is 2. The van der Waals surface area contributed by atoms with Crippen LogP contribution in [-0.4, -0.2) is 9.46 Å². The van der Waals surface area contributed by atoms with Gasteiger partial charge in [-0.1, -0.05) is 59.3 Å². The third-order valence-corrected chi connectivity index (χ3v) is 5.73. The van der Waals surface area contributed by atoms with Gasteiger partial charge in [0.05, 0.1) is 4.08 Å². The summed E-state index contributed by atoms with van der Waals surface area (Å²) in [5.74, 6) is 0. The van der Waals surface area contributed by atoms with Crippen LogP contribution in [0.2, 0.25) is 0 Å². The van der Waals surface area contributed by atoms with Crippen molar-refractivity contribution in [3.8, 4) is 0 Å². The van der Waals surface area contributed by atoms with Gasteiger partial charge in [0.1, 0.15) is 0 Å². The lowest BCUT2D eigenvalue weighted by Crippen LogP contribution is -2.39. The SMILES string of the molecule is CCCCCCCCC(Cl)C(C)(C)C(C)(S)S. The van der Waals surface area contributed by atoms with Gasteiger partial charge >= 0.3 is 0 Å². The van der Waals surface area contributed by atoms with Gasteiger partial charge in [-0.25, -0.2) is 0 Å². The quantitative estimate of drug-likeness (QED) is 0.223. The summed E-state index contributed by atoms with van der Waals surface area (Å²) in [6, 6.07) is 0. The molecule has 0 radical (unpaired) electrons. The molecular weight excluding hydrogens is 268 g/mol. The molecule has 0 N–H and O–H groups in total. The maximum absolute atomic E-state index is 6.50. The van der Waals surface area contributed by atoms with Crippen LogP contribution in [0.15, 0.2) is 0 Å². The van der Waals surface area contributed by atoms with E-state index in [1.165, 1.54) is 38.5 Å². The van der Waals surface area contributed by atoms with Crippen molar-refractivity contribution < 1.29 is 0 Å². The molecule has 17 heavy (non-hydrogen) atoms. The average molecular weight is 297 g/mol. The van der Waals surface area contributed by atoms with E-state index in [0.29, 0.717) is 0 Å².